The summed E-state index contributed by atoms with van der Waals surface area (Å²) in [5.74, 6) is -1.37. The van der Waals surface area contributed by atoms with Crippen LogP contribution in [0.1, 0.15) is 11.1 Å². The van der Waals surface area contributed by atoms with Gasteiger partial charge in [-0.25, -0.2) is 0 Å². The fourth-order valence-corrected chi connectivity index (χ4v) is 2.58. The molecule has 0 aliphatic carbocycles. The first-order valence-electron chi connectivity index (χ1n) is 7.72. The number of benzene rings is 3. The summed E-state index contributed by atoms with van der Waals surface area (Å²) < 4.78 is 0. The lowest BCUT2D eigenvalue weighted by Gasteiger charge is -2.11. The number of carbonyl (C=O) groups is 2. The molecule has 3 aromatic carbocycles. The van der Waals surface area contributed by atoms with Crippen molar-refractivity contribution >= 4 is 34.0 Å². The average molecular weight is 318 g/mol. The van der Waals surface area contributed by atoms with E-state index in [4.69, 9.17) is 0 Å². The molecule has 0 atom stereocenters. The van der Waals surface area contributed by atoms with Gasteiger partial charge in [-0.1, -0.05) is 48.5 Å². The fraction of sp³-hybridized carbons (Fsp3) is 0.100. The predicted molar refractivity (Wildman–Crippen MR) is 97.1 cm³/mol. The normalized spacial score (nSPS) is 10.4. The molecule has 0 heterocycles. The average Bonchev–Trinajstić information content (AvgIpc) is 2.59. The van der Waals surface area contributed by atoms with Gasteiger partial charge in [-0.3, -0.25) is 9.59 Å². The zero-order chi connectivity index (χ0) is 17.1. The van der Waals surface area contributed by atoms with Gasteiger partial charge in [-0.05, 0) is 42.5 Å². The topological polar surface area (TPSA) is 58.2 Å². The van der Waals surface area contributed by atoms with Gasteiger partial charge in [-0.15, -0.1) is 0 Å². The molecule has 0 aliphatic heterocycles. The van der Waals surface area contributed by atoms with Gasteiger partial charge in [0.05, 0.1) is 0 Å². The lowest BCUT2D eigenvalue weighted by Crippen LogP contribution is -2.29. The van der Waals surface area contributed by atoms with Crippen LogP contribution in [0.3, 0.4) is 0 Å². The molecular formula is C20H18N2O2. The van der Waals surface area contributed by atoms with Crippen LogP contribution in [0, 0.1) is 13.8 Å². The maximum atomic E-state index is 12.2. The number of anilines is 2. The molecule has 2 amide bonds. The highest BCUT2D eigenvalue weighted by atomic mass is 16.2. The molecule has 3 aromatic rings. The second kappa shape index (κ2) is 6.54. The van der Waals surface area contributed by atoms with Crippen molar-refractivity contribution < 1.29 is 9.59 Å². The smallest absolute Gasteiger partial charge is 0.314 e. The molecule has 0 bridgehead atoms. The van der Waals surface area contributed by atoms with E-state index in [9.17, 15) is 9.59 Å². The molecule has 0 aromatic heterocycles. The molecule has 0 saturated carbocycles. The van der Waals surface area contributed by atoms with Gasteiger partial charge in [0.25, 0.3) is 0 Å². The summed E-state index contributed by atoms with van der Waals surface area (Å²) in [6, 6.07) is 18.9. The van der Waals surface area contributed by atoms with Gasteiger partial charge in [0.2, 0.25) is 0 Å². The van der Waals surface area contributed by atoms with Crippen LogP contribution in [0.5, 0.6) is 0 Å². The lowest BCUT2D eigenvalue weighted by molar-refractivity contribution is -0.132. The molecule has 4 nitrogen and oxygen atoms in total. The van der Waals surface area contributed by atoms with Crippen molar-refractivity contribution in [2.45, 2.75) is 13.8 Å². The Hall–Kier alpha value is -3.14. The summed E-state index contributed by atoms with van der Waals surface area (Å²) in [4.78, 5) is 24.4. The van der Waals surface area contributed by atoms with Crippen molar-refractivity contribution in [2.75, 3.05) is 10.6 Å². The van der Waals surface area contributed by atoms with Crippen LogP contribution in [-0.4, -0.2) is 11.8 Å². The van der Waals surface area contributed by atoms with Gasteiger partial charge in [-0.2, -0.15) is 0 Å². The third-order valence-electron chi connectivity index (χ3n) is 4.10. The summed E-state index contributed by atoms with van der Waals surface area (Å²) in [7, 11) is 0. The minimum atomic E-state index is -0.688. The van der Waals surface area contributed by atoms with E-state index in [0.717, 1.165) is 21.9 Å². The maximum Gasteiger partial charge on any atom is 0.314 e. The fourth-order valence-electron chi connectivity index (χ4n) is 2.58. The molecule has 0 saturated heterocycles. The Kier molecular flexibility index (Phi) is 4.29. The highest BCUT2D eigenvalue weighted by Gasteiger charge is 2.16. The molecule has 3 rings (SSSR count). The summed E-state index contributed by atoms with van der Waals surface area (Å²) in [6.45, 7) is 3.87. The molecule has 0 aliphatic rings. The molecule has 0 spiro atoms. The molecule has 24 heavy (non-hydrogen) atoms. The minimum Gasteiger partial charge on any atom is -0.318 e. The Morgan fingerprint density at radius 2 is 1.29 bits per heavy atom. The standard InChI is InChI=1S/C20H18N2O2/c1-13-7-5-11-17(14(13)2)21-19(23)20(24)22-18-12-6-9-15-8-3-4-10-16(15)18/h3-12H,1-2H3,(H,21,23)(H,22,24). The summed E-state index contributed by atoms with van der Waals surface area (Å²) in [6.07, 6.45) is 0. The Morgan fingerprint density at radius 1 is 0.708 bits per heavy atom. The third-order valence-corrected chi connectivity index (χ3v) is 4.10. The number of hydrogen-bond donors (Lipinski definition) is 2. The van der Waals surface area contributed by atoms with E-state index in [1.165, 1.54) is 0 Å². The number of carbonyl (C=O) groups excluding carboxylic acids is 2. The van der Waals surface area contributed by atoms with Gasteiger partial charge in [0.15, 0.2) is 0 Å². The van der Waals surface area contributed by atoms with E-state index < -0.39 is 11.8 Å². The first-order valence-corrected chi connectivity index (χ1v) is 7.72. The van der Waals surface area contributed by atoms with Crippen molar-refractivity contribution in [1.82, 2.24) is 0 Å². The maximum absolute atomic E-state index is 12.2. The summed E-state index contributed by atoms with van der Waals surface area (Å²) in [5.41, 5.74) is 3.27. The zero-order valence-electron chi connectivity index (χ0n) is 13.6. The molecule has 2 N–H and O–H groups in total. The molecule has 0 unspecified atom stereocenters. The summed E-state index contributed by atoms with van der Waals surface area (Å²) >= 11 is 0. The van der Waals surface area contributed by atoms with Crippen LogP contribution in [0.2, 0.25) is 0 Å². The minimum absolute atomic E-state index is 0.620. The van der Waals surface area contributed by atoms with E-state index in [-0.39, 0.29) is 0 Å². The Balaban J connectivity index is 1.79. The summed E-state index contributed by atoms with van der Waals surface area (Å²) in [5, 5.41) is 7.26. The Bertz CT molecular complexity index is 927. The van der Waals surface area contributed by atoms with Crippen molar-refractivity contribution in [3.63, 3.8) is 0 Å². The highest BCUT2D eigenvalue weighted by Crippen LogP contribution is 2.23. The van der Waals surface area contributed by atoms with Crippen molar-refractivity contribution in [3.8, 4) is 0 Å². The number of hydrogen-bond acceptors (Lipinski definition) is 2. The van der Waals surface area contributed by atoms with Gasteiger partial charge < -0.3 is 10.6 Å². The van der Waals surface area contributed by atoms with Crippen LogP contribution < -0.4 is 10.6 Å². The first kappa shape index (κ1) is 15.7. The van der Waals surface area contributed by atoms with Crippen LogP contribution in [0.4, 0.5) is 11.4 Å². The first-order chi connectivity index (χ1) is 11.6. The van der Waals surface area contributed by atoms with Crippen molar-refractivity contribution in [1.29, 1.82) is 0 Å². The molecule has 0 radical (unpaired) electrons. The van der Waals surface area contributed by atoms with Crippen LogP contribution in [-0.2, 0) is 9.59 Å². The second-order valence-electron chi connectivity index (χ2n) is 5.68. The lowest BCUT2D eigenvalue weighted by atomic mass is 10.1. The van der Waals surface area contributed by atoms with E-state index in [0.29, 0.717) is 11.4 Å². The van der Waals surface area contributed by atoms with Crippen LogP contribution >= 0.6 is 0 Å². The zero-order valence-corrected chi connectivity index (χ0v) is 13.6. The van der Waals surface area contributed by atoms with E-state index >= 15 is 0 Å². The third kappa shape index (κ3) is 3.13. The molecule has 0 fully saturated rings. The number of aryl methyl sites for hydroxylation is 1. The second-order valence-corrected chi connectivity index (χ2v) is 5.68. The molecular weight excluding hydrogens is 300 g/mol. The predicted octanol–water partition coefficient (Wildman–Crippen LogP) is 4.03. The molecule has 4 heteroatoms. The SMILES string of the molecule is Cc1cccc(NC(=O)C(=O)Nc2cccc3ccccc23)c1C. The quantitative estimate of drug-likeness (QED) is 0.701. The number of amides is 2. The van der Waals surface area contributed by atoms with Crippen LogP contribution in [0.15, 0.2) is 60.7 Å². The largest absolute Gasteiger partial charge is 0.318 e. The number of fused-ring (bicyclic) bond motifs is 1. The van der Waals surface area contributed by atoms with Crippen molar-refractivity contribution in [2.24, 2.45) is 0 Å². The van der Waals surface area contributed by atoms with E-state index in [1.807, 2.05) is 62.4 Å². The Morgan fingerprint density at radius 3 is 2.08 bits per heavy atom. The highest BCUT2D eigenvalue weighted by molar-refractivity contribution is 6.44. The van der Waals surface area contributed by atoms with Gasteiger partial charge in [0, 0.05) is 16.8 Å². The van der Waals surface area contributed by atoms with E-state index in [1.54, 1.807) is 12.1 Å². The number of nitrogens with one attached hydrogen (secondary N) is 2. The van der Waals surface area contributed by atoms with E-state index in [2.05, 4.69) is 10.6 Å². The van der Waals surface area contributed by atoms with Crippen molar-refractivity contribution in [3.05, 3.63) is 71.8 Å². The Labute approximate surface area is 140 Å². The number of rotatable bonds is 2. The van der Waals surface area contributed by atoms with Gasteiger partial charge >= 0.3 is 11.8 Å². The molecule has 120 valence electrons. The van der Waals surface area contributed by atoms with Gasteiger partial charge in [0.1, 0.15) is 0 Å². The van der Waals surface area contributed by atoms with Crippen LogP contribution in [0.25, 0.3) is 10.8 Å². The monoisotopic (exact) mass is 318 g/mol.